The van der Waals surface area contributed by atoms with Crippen LogP contribution < -0.4 is 0 Å². The fourth-order valence-corrected chi connectivity index (χ4v) is 3.99. The van der Waals surface area contributed by atoms with E-state index >= 15 is 0 Å². The van der Waals surface area contributed by atoms with Crippen LogP contribution in [-0.4, -0.2) is 30.6 Å². The van der Waals surface area contributed by atoms with E-state index in [1.165, 1.54) is 18.2 Å². The Balaban J connectivity index is 1.99. The molecule has 0 radical (unpaired) electrons. The zero-order chi connectivity index (χ0) is 19.1. The lowest BCUT2D eigenvalue weighted by Gasteiger charge is -2.00. The number of hydrogen-bond donors (Lipinski definition) is 1. The highest BCUT2D eigenvalue weighted by molar-refractivity contribution is 7.17. The molecule has 9 heteroatoms. The van der Waals surface area contributed by atoms with Gasteiger partial charge >= 0.3 is 5.97 Å². The SMILES string of the molecule is Cc1nn2ccccc2c1-c1nc(-c2ccccc2[N+](=O)[O-])c(C(=O)O)s1. The number of nitrogens with zero attached hydrogens (tertiary/aromatic N) is 4. The standard InChI is InChI=1S/C18H12N4O4S/c1-10-14(13-8-4-5-9-21(13)20-10)17-19-15(16(27-17)18(23)24)11-6-2-3-7-12(11)22(25)26/h2-9H,1H3,(H,23,24). The maximum atomic E-state index is 11.8. The van der Waals surface area contributed by atoms with E-state index in [1.807, 2.05) is 25.1 Å². The molecule has 0 amide bonds. The van der Waals surface area contributed by atoms with Crippen LogP contribution in [0.5, 0.6) is 0 Å². The van der Waals surface area contributed by atoms with Gasteiger partial charge in [-0.2, -0.15) is 5.10 Å². The van der Waals surface area contributed by atoms with E-state index < -0.39 is 10.9 Å². The summed E-state index contributed by atoms with van der Waals surface area (Å²) in [5.41, 5.74) is 2.28. The fourth-order valence-electron chi connectivity index (χ4n) is 2.97. The van der Waals surface area contributed by atoms with E-state index in [0.717, 1.165) is 16.9 Å². The first-order valence-electron chi connectivity index (χ1n) is 7.89. The third-order valence-electron chi connectivity index (χ3n) is 4.11. The van der Waals surface area contributed by atoms with E-state index in [1.54, 1.807) is 16.8 Å². The number of rotatable bonds is 4. The first kappa shape index (κ1) is 16.9. The van der Waals surface area contributed by atoms with E-state index in [-0.39, 0.29) is 21.8 Å². The molecule has 4 aromatic rings. The summed E-state index contributed by atoms with van der Waals surface area (Å²) in [6, 6.07) is 11.5. The Kier molecular flexibility index (Phi) is 3.93. The van der Waals surface area contributed by atoms with Crippen LogP contribution in [0.25, 0.3) is 27.3 Å². The largest absolute Gasteiger partial charge is 0.477 e. The number of thiazole rings is 1. The first-order valence-corrected chi connectivity index (χ1v) is 8.71. The minimum absolute atomic E-state index is 0.0472. The molecule has 0 bridgehead atoms. The normalized spacial score (nSPS) is 11.0. The highest BCUT2D eigenvalue weighted by Crippen LogP contribution is 2.39. The van der Waals surface area contributed by atoms with Crippen molar-refractivity contribution in [1.29, 1.82) is 0 Å². The van der Waals surface area contributed by atoms with Crippen molar-refractivity contribution < 1.29 is 14.8 Å². The van der Waals surface area contributed by atoms with Gasteiger partial charge in [0.05, 0.1) is 27.3 Å². The van der Waals surface area contributed by atoms with Crippen LogP contribution in [0.2, 0.25) is 0 Å². The lowest BCUT2D eigenvalue weighted by molar-refractivity contribution is -0.384. The predicted molar refractivity (Wildman–Crippen MR) is 100 cm³/mol. The molecule has 0 fully saturated rings. The maximum Gasteiger partial charge on any atom is 0.348 e. The summed E-state index contributed by atoms with van der Waals surface area (Å²) in [4.78, 5) is 27.0. The molecule has 8 nitrogen and oxygen atoms in total. The van der Waals surface area contributed by atoms with E-state index in [4.69, 9.17) is 0 Å². The molecular formula is C18H12N4O4S. The Morgan fingerprint density at radius 1 is 1.22 bits per heavy atom. The second kappa shape index (κ2) is 6.29. The highest BCUT2D eigenvalue weighted by atomic mass is 32.1. The summed E-state index contributed by atoms with van der Waals surface area (Å²) in [5, 5.41) is 25.9. The zero-order valence-electron chi connectivity index (χ0n) is 14.0. The number of aromatic nitrogens is 3. The van der Waals surface area contributed by atoms with Crippen molar-refractivity contribution in [1.82, 2.24) is 14.6 Å². The Morgan fingerprint density at radius 3 is 2.70 bits per heavy atom. The quantitative estimate of drug-likeness (QED) is 0.422. The van der Waals surface area contributed by atoms with Gasteiger partial charge < -0.3 is 5.11 Å². The summed E-state index contributed by atoms with van der Waals surface area (Å²) >= 11 is 0.983. The van der Waals surface area contributed by atoms with Crippen LogP contribution in [-0.2, 0) is 0 Å². The number of nitro benzene ring substituents is 1. The van der Waals surface area contributed by atoms with Gasteiger partial charge in [-0.25, -0.2) is 14.3 Å². The van der Waals surface area contributed by atoms with Crippen molar-refractivity contribution in [3.05, 3.63) is 69.3 Å². The van der Waals surface area contributed by atoms with E-state index in [9.17, 15) is 20.0 Å². The average molecular weight is 380 g/mol. The van der Waals surface area contributed by atoms with Gasteiger partial charge in [0.15, 0.2) is 0 Å². The molecule has 3 aromatic heterocycles. The molecule has 134 valence electrons. The number of pyridine rings is 1. The number of benzene rings is 1. The van der Waals surface area contributed by atoms with Crippen LogP contribution in [0.1, 0.15) is 15.4 Å². The number of carbonyl (C=O) groups is 1. The molecule has 0 aliphatic carbocycles. The molecule has 0 aliphatic rings. The van der Waals surface area contributed by atoms with Crippen molar-refractivity contribution in [2.75, 3.05) is 0 Å². The molecule has 0 unspecified atom stereocenters. The predicted octanol–water partition coefficient (Wildman–Crippen LogP) is 4.04. The zero-order valence-corrected chi connectivity index (χ0v) is 14.8. The lowest BCUT2D eigenvalue weighted by Crippen LogP contribution is -1.98. The molecule has 0 atom stereocenters. The summed E-state index contributed by atoms with van der Waals surface area (Å²) in [7, 11) is 0. The topological polar surface area (TPSA) is 111 Å². The van der Waals surface area contributed by atoms with Gasteiger partial charge in [0.2, 0.25) is 0 Å². The second-order valence-electron chi connectivity index (χ2n) is 5.77. The van der Waals surface area contributed by atoms with Crippen molar-refractivity contribution in [2.24, 2.45) is 0 Å². The van der Waals surface area contributed by atoms with Gasteiger partial charge in [0.25, 0.3) is 5.69 Å². The summed E-state index contributed by atoms with van der Waals surface area (Å²) < 4.78 is 1.69. The Hall–Kier alpha value is -3.59. The van der Waals surface area contributed by atoms with Crippen molar-refractivity contribution in [2.45, 2.75) is 6.92 Å². The molecule has 1 N–H and O–H groups in total. The van der Waals surface area contributed by atoms with E-state index in [0.29, 0.717) is 16.3 Å². The van der Waals surface area contributed by atoms with Crippen molar-refractivity contribution >= 4 is 28.5 Å². The number of hydrogen-bond acceptors (Lipinski definition) is 6. The minimum atomic E-state index is -1.18. The molecule has 27 heavy (non-hydrogen) atoms. The third kappa shape index (κ3) is 2.74. The van der Waals surface area contributed by atoms with Crippen LogP contribution in [0.3, 0.4) is 0 Å². The van der Waals surface area contributed by atoms with Crippen molar-refractivity contribution in [3.63, 3.8) is 0 Å². The van der Waals surface area contributed by atoms with Crippen LogP contribution in [0, 0.1) is 17.0 Å². The summed E-state index contributed by atoms with van der Waals surface area (Å²) in [5.74, 6) is -1.18. The number of aromatic carboxylic acids is 1. The highest BCUT2D eigenvalue weighted by Gasteiger charge is 2.26. The minimum Gasteiger partial charge on any atom is -0.477 e. The number of nitro groups is 1. The van der Waals surface area contributed by atoms with Gasteiger partial charge in [0.1, 0.15) is 15.6 Å². The fraction of sp³-hybridized carbons (Fsp3) is 0.0556. The molecule has 4 rings (SSSR count). The second-order valence-corrected chi connectivity index (χ2v) is 6.77. The number of aryl methyl sites for hydroxylation is 1. The number of para-hydroxylation sites is 1. The summed E-state index contributed by atoms with van der Waals surface area (Å²) in [6.45, 7) is 1.81. The molecule has 0 saturated carbocycles. The van der Waals surface area contributed by atoms with Gasteiger partial charge in [-0.15, -0.1) is 11.3 Å². The third-order valence-corrected chi connectivity index (χ3v) is 5.17. The lowest BCUT2D eigenvalue weighted by atomic mass is 10.1. The van der Waals surface area contributed by atoms with Gasteiger partial charge in [-0.3, -0.25) is 10.1 Å². The van der Waals surface area contributed by atoms with Crippen LogP contribution >= 0.6 is 11.3 Å². The number of fused-ring (bicyclic) bond motifs is 1. The molecule has 0 spiro atoms. The molecule has 1 aromatic carbocycles. The van der Waals surface area contributed by atoms with Gasteiger partial charge in [-0.05, 0) is 25.1 Å². The number of carboxylic acid groups (broad SMARTS) is 1. The molecule has 0 saturated heterocycles. The van der Waals surface area contributed by atoms with Crippen LogP contribution in [0.4, 0.5) is 5.69 Å². The Morgan fingerprint density at radius 2 is 1.96 bits per heavy atom. The Bertz CT molecular complexity index is 1210. The first-order chi connectivity index (χ1) is 13.0. The average Bonchev–Trinajstić information content (AvgIpc) is 3.21. The van der Waals surface area contributed by atoms with Gasteiger partial charge in [-0.1, -0.05) is 18.2 Å². The molecule has 0 aliphatic heterocycles. The van der Waals surface area contributed by atoms with Crippen LogP contribution in [0.15, 0.2) is 48.7 Å². The van der Waals surface area contributed by atoms with Crippen molar-refractivity contribution in [3.8, 4) is 21.8 Å². The van der Waals surface area contributed by atoms with E-state index in [2.05, 4.69) is 10.1 Å². The number of carboxylic acids is 1. The summed E-state index contributed by atoms with van der Waals surface area (Å²) in [6.07, 6.45) is 1.79. The smallest absolute Gasteiger partial charge is 0.348 e. The molecule has 3 heterocycles. The van der Waals surface area contributed by atoms with Gasteiger partial charge in [0, 0.05) is 12.3 Å². The molecular weight excluding hydrogens is 368 g/mol. The Labute approximate surface area is 156 Å². The monoisotopic (exact) mass is 380 g/mol. The maximum absolute atomic E-state index is 11.8.